The van der Waals surface area contributed by atoms with Crippen molar-refractivity contribution in [2.45, 2.75) is 6.92 Å². The standard InChI is InChI=1S/C12H14BrN3O/c1-8(6-14)7-16(2)12(17)9-3-10(13)5-11(15)4-9/h3-5,8H,7,15H2,1-2H3. The Morgan fingerprint density at radius 2 is 2.24 bits per heavy atom. The lowest BCUT2D eigenvalue weighted by Crippen LogP contribution is -2.30. The maximum Gasteiger partial charge on any atom is 0.253 e. The molecule has 0 heterocycles. The van der Waals surface area contributed by atoms with Crippen LogP contribution >= 0.6 is 15.9 Å². The molecule has 0 spiro atoms. The molecule has 0 fully saturated rings. The van der Waals surface area contributed by atoms with Crippen LogP contribution in [0.2, 0.25) is 0 Å². The van der Waals surface area contributed by atoms with Crippen molar-refractivity contribution in [3.05, 3.63) is 28.2 Å². The van der Waals surface area contributed by atoms with Gasteiger partial charge in [0.15, 0.2) is 0 Å². The predicted molar refractivity (Wildman–Crippen MR) is 70.3 cm³/mol. The first-order chi connectivity index (χ1) is 7.93. The van der Waals surface area contributed by atoms with Crippen LogP contribution in [-0.4, -0.2) is 24.4 Å². The molecule has 1 unspecified atom stereocenters. The third-order valence-electron chi connectivity index (χ3n) is 2.28. The van der Waals surface area contributed by atoms with Crippen LogP contribution in [0.1, 0.15) is 17.3 Å². The van der Waals surface area contributed by atoms with E-state index in [1.54, 1.807) is 32.2 Å². The number of carbonyl (C=O) groups excluding carboxylic acids is 1. The zero-order valence-corrected chi connectivity index (χ0v) is 11.4. The van der Waals surface area contributed by atoms with E-state index >= 15 is 0 Å². The zero-order valence-electron chi connectivity index (χ0n) is 9.77. The molecule has 0 aliphatic carbocycles. The Balaban J connectivity index is 2.86. The van der Waals surface area contributed by atoms with E-state index in [1.807, 2.05) is 0 Å². The van der Waals surface area contributed by atoms with Gasteiger partial charge in [0.1, 0.15) is 0 Å². The minimum absolute atomic E-state index is 0.139. The topological polar surface area (TPSA) is 70.1 Å². The fourth-order valence-electron chi connectivity index (χ4n) is 1.49. The number of amides is 1. The molecular weight excluding hydrogens is 282 g/mol. The molecule has 0 aromatic heterocycles. The molecule has 0 aliphatic heterocycles. The van der Waals surface area contributed by atoms with E-state index < -0.39 is 0 Å². The first-order valence-corrected chi connectivity index (χ1v) is 5.94. The summed E-state index contributed by atoms with van der Waals surface area (Å²) in [6.45, 7) is 2.18. The number of rotatable bonds is 3. The van der Waals surface area contributed by atoms with Gasteiger partial charge in [-0.2, -0.15) is 5.26 Å². The molecule has 4 nitrogen and oxygen atoms in total. The van der Waals surface area contributed by atoms with Gasteiger partial charge in [0.05, 0.1) is 12.0 Å². The molecular formula is C12H14BrN3O. The molecule has 1 aromatic rings. The summed E-state index contributed by atoms with van der Waals surface area (Å²) in [7, 11) is 1.67. The molecule has 1 aromatic carbocycles. The Bertz CT molecular complexity index is 447. The Kier molecular flexibility index (Phi) is 4.53. The minimum atomic E-state index is -0.187. The van der Waals surface area contributed by atoms with Crippen LogP contribution in [-0.2, 0) is 0 Å². The molecule has 1 rings (SSSR count). The van der Waals surface area contributed by atoms with Crippen molar-refractivity contribution in [2.24, 2.45) is 5.92 Å². The minimum Gasteiger partial charge on any atom is -0.399 e. The third kappa shape index (κ3) is 3.75. The summed E-state index contributed by atoms with van der Waals surface area (Å²) in [6.07, 6.45) is 0. The van der Waals surface area contributed by atoms with E-state index in [0.717, 1.165) is 4.47 Å². The number of hydrogen-bond donors (Lipinski definition) is 1. The highest BCUT2D eigenvalue weighted by atomic mass is 79.9. The largest absolute Gasteiger partial charge is 0.399 e. The van der Waals surface area contributed by atoms with Crippen LogP contribution in [0.4, 0.5) is 5.69 Å². The lowest BCUT2D eigenvalue weighted by Gasteiger charge is -2.18. The summed E-state index contributed by atoms with van der Waals surface area (Å²) in [5.41, 5.74) is 6.72. The molecule has 1 atom stereocenters. The SMILES string of the molecule is CC(C#N)CN(C)C(=O)c1cc(N)cc(Br)c1. The molecule has 2 N–H and O–H groups in total. The average molecular weight is 296 g/mol. The maximum absolute atomic E-state index is 12.0. The molecule has 0 bridgehead atoms. The van der Waals surface area contributed by atoms with Gasteiger partial charge in [-0.25, -0.2) is 0 Å². The van der Waals surface area contributed by atoms with Gasteiger partial charge in [-0.1, -0.05) is 15.9 Å². The van der Waals surface area contributed by atoms with Gasteiger partial charge in [0.2, 0.25) is 0 Å². The van der Waals surface area contributed by atoms with Gasteiger partial charge in [0, 0.05) is 29.3 Å². The molecule has 0 saturated carbocycles. The molecule has 17 heavy (non-hydrogen) atoms. The molecule has 5 heteroatoms. The van der Waals surface area contributed by atoms with Gasteiger partial charge in [-0.15, -0.1) is 0 Å². The second kappa shape index (κ2) is 5.69. The highest BCUT2D eigenvalue weighted by molar-refractivity contribution is 9.10. The highest BCUT2D eigenvalue weighted by Crippen LogP contribution is 2.18. The lowest BCUT2D eigenvalue weighted by molar-refractivity contribution is 0.0785. The second-order valence-corrected chi connectivity index (χ2v) is 4.90. The van der Waals surface area contributed by atoms with Crippen molar-refractivity contribution in [3.63, 3.8) is 0 Å². The number of nitriles is 1. The van der Waals surface area contributed by atoms with Crippen molar-refractivity contribution in [1.82, 2.24) is 4.90 Å². The normalized spacial score (nSPS) is 11.6. The summed E-state index contributed by atoms with van der Waals surface area (Å²) in [6, 6.07) is 7.17. The van der Waals surface area contributed by atoms with Gasteiger partial charge >= 0.3 is 0 Å². The van der Waals surface area contributed by atoms with Gasteiger partial charge in [0.25, 0.3) is 5.91 Å². The third-order valence-corrected chi connectivity index (χ3v) is 2.74. The summed E-state index contributed by atoms with van der Waals surface area (Å²) in [5.74, 6) is -0.325. The van der Waals surface area contributed by atoms with Crippen molar-refractivity contribution in [3.8, 4) is 6.07 Å². The fourth-order valence-corrected chi connectivity index (χ4v) is 2.00. The first kappa shape index (κ1) is 13.5. The van der Waals surface area contributed by atoms with Gasteiger partial charge in [-0.3, -0.25) is 4.79 Å². The van der Waals surface area contributed by atoms with Crippen LogP contribution in [0.3, 0.4) is 0 Å². The molecule has 0 radical (unpaired) electrons. The van der Waals surface area contributed by atoms with E-state index in [9.17, 15) is 4.79 Å². The average Bonchev–Trinajstić information content (AvgIpc) is 2.26. The number of nitrogens with zero attached hydrogens (tertiary/aromatic N) is 2. The van der Waals surface area contributed by atoms with E-state index in [4.69, 9.17) is 11.0 Å². The van der Waals surface area contributed by atoms with Crippen molar-refractivity contribution >= 4 is 27.5 Å². The van der Waals surface area contributed by atoms with E-state index in [-0.39, 0.29) is 11.8 Å². The summed E-state index contributed by atoms with van der Waals surface area (Å²) in [4.78, 5) is 13.6. The van der Waals surface area contributed by atoms with Crippen LogP contribution in [0.5, 0.6) is 0 Å². The van der Waals surface area contributed by atoms with E-state index in [1.165, 1.54) is 4.90 Å². The number of nitrogens with two attached hydrogens (primary N) is 1. The Morgan fingerprint density at radius 1 is 1.59 bits per heavy atom. The molecule has 0 saturated heterocycles. The smallest absolute Gasteiger partial charge is 0.253 e. The van der Waals surface area contributed by atoms with Crippen LogP contribution < -0.4 is 5.73 Å². The van der Waals surface area contributed by atoms with Crippen LogP contribution in [0.15, 0.2) is 22.7 Å². The molecule has 1 amide bonds. The predicted octanol–water partition coefficient (Wildman–Crippen LogP) is 2.26. The number of nitrogen functional groups attached to an aromatic ring is 1. The first-order valence-electron chi connectivity index (χ1n) is 5.15. The lowest BCUT2D eigenvalue weighted by atomic mass is 10.1. The van der Waals surface area contributed by atoms with Crippen molar-refractivity contribution in [1.29, 1.82) is 5.26 Å². The van der Waals surface area contributed by atoms with Gasteiger partial charge in [-0.05, 0) is 25.1 Å². The fraction of sp³-hybridized carbons (Fsp3) is 0.333. The Hall–Kier alpha value is -1.54. The zero-order chi connectivity index (χ0) is 13.0. The molecule has 90 valence electrons. The summed E-state index contributed by atoms with van der Waals surface area (Å²) >= 11 is 3.29. The summed E-state index contributed by atoms with van der Waals surface area (Å²) in [5, 5.41) is 8.71. The number of benzene rings is 1. The summed E-state index contributed by atoms with van der Waals surface area (Å²) < 4.78 is 0.766. The van der Waals surface area contributed by atoms with E-state index in [2.05, 4.69) is 22.0 Å². The Labute approximate surface area is 109 Å². The van der Waals surface area contributed by atoms with Gasteiger partial charge < -0.3 is 10.6 Å². The molecule has 0 aliphatic rings. The number of carbonyl (C=O) groups is 1. The monoisotopic (exact) mass is 295 g/mol. The quantitative estimate of drug-likeness (QED) is 0.870. The van der Waals surface area contributed by atoms with Crippen LogP contribution in [0, 0.1) is 17.2 Å². The van der Waals surface area contributed by atoms with Crippen molar-refractivity contribution < 1.29 is 4.79 Å². The number of halogens is 1. The maximum atomic E-state index is 12.0. The number of anilines is 1. The van der Waals surface area contributed by atoms with Crippen LogP contribution in [0.25, 0.3) is 0 Å². The highest BCUT2D eigenvalue weighted by Gasteiger charge is 2.14. The second-order valence-electron chi connectivity index (χ2n) is 3.99. The van der Waals surface area contributed by atoms with E-state index in [0.29, 0.717) is 17.8 Å². The Morgan fingerprint density at radius 3 is 2.76 bits per heavy atom. The van der Waals surface area contributed by atoms with Crippen molar-refractivity contribution in [2.75, 3.05) is 19.3 Å². The number of hydrogen-bond acceptors (Lipinski definition) is 3.